The van der Waals surface area contributed by atoms with E-state index in [1.165, 1.54) is 7.11 Å². The van der Waals surface area contributed by atoms with Gasteiger partial charge in [0.25, 0.3) is 0 Å². The smallest absolute Gasteiger partial charge is 0.358 e. The molecule has 0 spiro atoms. The van der Waals surface area contributed by atoms with Crippen molar-refractivity contribution >= 4 is 11.9 Å². The summed E-state index contributed by atoms with van der Waals surface area (Å²) in [6.45, 7) is 1.35. The topological polar surface area (TPSA) is 73.7 Å². The lowest BCUT2D eigenvalue weighted by molar-refractivity contribution is -0.132. The van der Waals surface area contributed by atoms with Crippen LogP contribution in [0.3, 0.4) is 0 Å². The number of nitrogens with zero attached hydrogens (tertiary/aromatic N) is 3. The zero-order valence-electron chi connectivity index (χ0n) is 14.4. The minimum absolute atomic E-state index is 0.0300. The van der Waals surface area contributed by atoms with Gasteiger partial charge >= 0.3 is 5.97 Å². The number of aromatic nitrogens is 2. The van der Waals surface area contributed by atoms with Crippen LogP contribution in [0.4, 0.5) is 0 Å². The number of carbonyl (C=O) groups excluding carboxylic acids is 2. The number of amides is 1. The lowest BCUT2D eigenvalue weighted by Gasteiger charge is -2.27. The number of rotatable bonds is 5. The van der Waals surface area contributed by atoms with E-state index in [0.29, 0.717) is 38.2 Å². The van der Waals surface area contributed by atoms with E-state index in [1.807, 2.05) is 30.3 Å². The van der Waals surface area contributed by atoms with Gasteiger partial charge in [-0.25, -0.2) is 4.79 Å². The van der Waals surface area contributed by atoms with E-state index in [1.54, 1.807) is 16.6 Å². The molecule has 1 aliphatic heterocycles. The molecule has 0 saturated heterocycles. The second-order valence-corrected chi connectivity index (χ2v) is 5.87. The van der Waals surface area contributed by atoms with Crippen LogP contribution < -0.4 is 4.74 Å². The van der Waals surface area contributed by atoms with Crippen molar-refractivity contribution in [2.75, 3.05) is 20.3 Å². The Labute approximate surface area is 146 Å². The number of hydrogen-bond acceptors (Lipinski definition) is 5. The van der Waals surface area contributed by atoms with Crippen molar-refractivity contribution in [2.45, 2.75) is 19.4 Å². The summed E-state index contributed by atoms with van der Waals surface area (Å²) in [5, 5.41) is 4.24. The van der Waals surface area contributed by atoms with Crippen molar-refractivity contribution < 1.29 is 19.1 Å². The Morgan fingerprint density at radius 3 is 2.72 bits per heavy atom. The van der Waals surface area contributed by atoms with Crippen LogP contribution in [-0.2, 0) is 29.5 Å². The molecule has 1 aromatic heterocycles. The van der Waals surface area contributed by atoms with E-state index in [4.69, 9.17) is 9.47 Å². The maximum absolute atomic E-state index is 12.4. The summed E-state index contributed by atoms with van der Waals surface area (Å²) in [4.78, 5) is 26.0. The van der Waals surface area contributed by atoms with Crippen LogP contribution in [0.15, 0.2) is 30.3 Å². The molecule has 2 heterocycles. The van der Waals surface area contributed by atoms with Crippen LogP contribution in [0.25, 0.3) is 0 Å². The molecule has 0 N–H and O–H groups in total. The summed E-state index contributed by atoms with van der Waals surface area (Å²) in [7, 11) is 3.12. The van der Waals surface area contributed by atoms with Crippen LogP contribution in [0.1, 0.15) is 28.2 Å². The molecule has 0 fully saturated rings. The van der Waals surface area contributed by atoms with Crippen molar-refractivity contribution in [3.63, 3.8) is 0 Å². The Bertz CT molecular complexity index is 770. The standard InChI is InChI=1S/C18H21N3O4/c1-20-15-12-21(10-8-14(15)17(19-20)18(23)24-2)16(22)9-11-25-13-6-4-3-5-7-13/h3-7H,8-12H2,1-2H3. The first-order valence-electron chi connectivity index (χ1n) is 8.19. The van der Waals surface area contributed by atoms with E-state index in [2.05, 4.69) is 5.10 Å². The molecule has 0 aliphatic carbocycles. The Morgan fingerprint density at radius 2 is 2.00 bits per heavy atom. The average molecular weight is 343 g/mol. The molecule has 0 atom stereocenters. The van der Waals surface area contributed by atoms with Gasteiger partial charge in [-0.15, -0.1) is 0 Å². The highest BCUT2D eigenvalue weighted by molar-refractivity contribution is 5.89. The predicted octanol–water partition coefficient (Wildman–Crippen LogP) is 1.56. The number of benzene rings is 1. The number of fused-ring (bicyclic) bond motifs is 1. The number of para-hydroxylation sites is 1. The molecule has 1 aliphatic rings. The van der Waals surface area contributed by atoms with Crippen molar-refractivity contribution in [3.05, 3.63) is 47.3 Å². The molecular formula is C18H21N3O4. The first-order chi connectivity index (χ1) is 12.1. The zero-order valence-corrected chi connectivity index (χ0v) is 14.4. The summed E-state index contributed by atoms with van der Waals surface area (Å²) in [6, 6.07) is 9.43. The van der Waals surface area contributed by atoms with E-state index >= 15 is 0 Å². The minimum Gasteiger partial charge on any atom is -0.493 e. The summed E-state index contributed by atoms with van der Waals surface area (Å²) >= 11 is 0. The summed E-state index contributed by atoms with van der Waals surface area (Å²) < 4.78 is 12.0. The highest BCUT2D eigenvalue weighted by Crippen LogP contribution is 2.23. The van der Waals surface area contributed by atoms with E-state index in [0.717, 1.165) is 17.0 Å². The first kappa shape index (κ1) is 17.0. The van der Waals surface area contributed by atoms with Crippen molar-refractivity contribution in [1.29, 1.82) is 0 Å². The number of aryl methyl sites for hydroxylation is 1. The third-order valence-electron chi connectivity index (χ3n) is 4.31. The van der Waals surface area contributed by atoms with Gasteiger partial charge in [0.15, 0.2) is 5.69 Å². The van der Waals surface area contributed by atoms with Gasteiger partial charge in [-0.05, 0) is 18.6 Å². The van der Waals surface area contributed by atoms with Crippen molar-refractivity contribution in [2.24, 2.45) is 7.05 Å². The molecule has 0 radical (unpaired) electrons. The molecule has 3 rings (SSSR count). The Kier molecular flexibility index (Phi) is 5.02. The molecule has 132 valence electrons. The van der Waals surface area contributed by atoms with Gasteiger partial charge in [0, 0.05) is 19.2 Å². The van der Waals surface area contributed by atoms with Crippen LogP contribution in [-0.4, -0.2) is 46.8 Å². The minimum atomic E-state index is -0.437. The normalized spacial score (nSPS) is 13.3. The fraction of sp³-hybridized carbons (Fsp3) is 0.389. The fourth-order valence-corrected chi connectivity index (χ4v) is 2.97. The molecule has 1 aromatic carbocycles. The third kappa shape index (κ3) is 3.65. The maximum atomic E-state index is 12.4. The number of carbonyl (C=O) groups is 2. The van der Waals surface area contributed by atoms with Crippen LogP contribution in [0, 0.1) is 0 Å². The van der Waals surface area contributed by atoms with Crippen molar-refractivity contribution in [1.82, 2.24) is 14.7 Å². The number of methoxy groups -OCH3 is 1. The van der Waals surface area contributed by atoms with E-state index < -0.39 is 5.97 Å². The number of ether oxygens (including phenoxy) is 2. The van der Waals surface area contributed by atoms with Gasteiger partial charge in [-0.3, -0.25) is 9.48 Å². The van der Waals surface area contributed by atoms with Gasteiger partial charge in [0.2, 0.25) is 5.91 Å². The molecule has 0 bridgehead atoms. The fourth-order valence-electron chi connectivity index (χ4n) is 2.97. The summed E-state index contributed by atoms with van der Waals surface area (Å²) in [6.07, 6.45) is 0.908. The van der Waals surface area contributed by atoms with E-state index in [-0.39, 0.29) is 5.91 Å². The second-order valence-electron chi connectivity index (χ2n) is 5.87. The van der Waals surface area contributed by atoms with Gasteiger partial charge in [0.05, 0.1) is 32.4 Å². The monoisotopic (exact) mass is 343 g/mol. The molecular weight excluding hydrogens is 322 g/mol. The van der Waals surface area contributed by atoms with Gasteiger partial charge in [-0.2, -0.15) is 5.10 Å². The Balaban J connectivity index is 1.59. The summed E-state index contributed by atoms with van der Waals surface area (Å²) in [5.74, 6) is 0.348. The summed E-state index contributed by atoms with van der Waals surface area (Å²) in [5.41, 5.74) is 2.10. The van der Waals surface area contributed by atoms with Gasteiger partial charge in [-0.1, -0.05) is 18.2 Å². The molecule has 7 nitrogen and oxygen atoms in total. The van der Waals surface area contributed by atoms with Gasteiger partial charge < -0.3 is 14.4 Å². The zero-order chi connectivity index (χ0) is 17.8. The van der Waals surface area contributed by atoms with Gasteiger partial charge in [0.1, 0.15) is 5.75 Å². The Hall–Kier alpha value is -2.83. The maximum Gasteiger partial charge on any atom is 0.358 e. The van der Waals surface area contributed by atoms with Crippen molar-refractivity contribution in [3.8, 4) is 5.75 Å². The van der Waals surface area contributed by atoms with Crippen LogP contribution in [0.2, 0.25) is 0 Å². The van der Waals surface area contributed by atoms with Crippen LogP contribution >= 0.6 is 0 Å². The third-order valence-corrected chi connectivity index (χ3v) is 4.31. The van der Waals surface area contributed by atoms with E-state index in [9.17, 15) is 9.59 Å². The molecule has 7 heteroatoms. The predicted molar refractivity (Wildman–Crippen MR) is 90.2 cm³/mol. The molecule has 1 amide bonds. The van der Waals surface area contributed by atoms with Crippen LogP contribution in [0.5, 0.6) is 5.75 Å². The SMILES string of the molecule is COC(=O)c1nn(C)c2c1CCN(C(=O)CCOc1ccccc1)C2. The average Bonchev–Trinajstić information content (AvgIpc) is 2.98. The number of hydrogen-bond donors (Lipinski definition) is 0. The molecule has 0 saturated carbocycles. The second kappa shape index (κ2) is 7.38. The largest absolute Gasteiger partial charge is 0.493 e. The Morgan fingerprint density at radius 1 is 1.24 bits per heavy atom. The lowest BCUT2D eigenvalue weighted by atomic mass is 10.0. The lowest BCUT2D eigenvalue weighted by Crippen LogP contribution is -2.37. The molecule has 2 aromatic rings. The first-order valence-corrected chi connectivity index (χ1v) is 8.19. The highest BCUT2D eigenvalue weighted by Gasteiger charge is 2.29. The molecule has 0 unspecified atom stereocenters. The number of esters is 1. The quantitative estimate of drug-likeness (QED) is 0.770. The molecule has 25 heavy (non-hydrogen) atoms. The highest BCUT2D eigenvalue weighted by atomic mass is 16.5.